The van der Waals surface area contributed by atoms with E-state index < -0.39 is 0 Å². The summed E-state index contributed by atoms with van der Waals surface area (Å²) in [7, 11) is 0. The zero-order chi connectivity index (χ0) is 9.68. The molecular formula is C12H17O. The molecule has 0 fully saturated rings. The van der Waals surface area contributed by atoms with Crippen LogP contribution in [0.5, 0.6) is 0 Å². The van der Waals surface area contributed by atoms with Crippen molar-refractivity contribution < 1.29 is 5.11 Å². The van der Waals surface area contributed by atoms with Gasteiger partial charge in [0.05, 0.1) is 6.10 Å². The maximum absolute atomic E-state index is 9.80. The van der Waals surface area contributed by atoms with Crippen LogP contribution in [0.25, 0.3) is 0 Å². The standard InChI is InChI=1S/C12H17O/c1-3-4-9-12(13)11-8-6-5-7-10(11)2/h5-7,12-13H,3-4,9H2,1-2H3. The molecule has 0 bridgehead atoms. The smallest absolute Gasteiger partial charge is 0.0798 e. The zero-order valence-electron chi connectivity index (χ0n) is 8.38. The van der Waals surface area contributed by atoms with E-state index in [0.29, 0.717) is 0 Å². The highest BCUT2D eigenvalue weighted by Gasteiger charge is 2.08. The highest BCUT2D eigenvalue weighted by atomic mass is 16.3. The van der Waals surface area contributed by atoms with Crippen LogP contribution in [-0.2, 0) is 0 Å². The van der Waals surface area contributed by atoms with Crippen molar-refractivity contribution in [2.24, 2.45) is 0 Å². The molecule has 1 unspecified atom stereocenters. The van der Waals surface area contributed by atoms with Crippen LogP contribution < -0.4 is 0 Å². The molecule has 1 atom stereocenters. The molecule has 1 heteroatoms. The quantitative estimate of drug-likeness (QED) is 0.749. The maximum Gasteiger partial charge on any atom is 0.0798 e. The van der Waals surface area contributed by atoms with Crippen LogP contribution in [0.4, 0.5) is 0 Å². The average molecular weight is 177 g/mol. The Morgan fingerprint density at radius 2 is 2.31 bits per heavy atom. The van der Waals surface area contributed by atoms with Gasteiger partial charge in [0.25, 0.3) is 0 Å². The highest BCUT2D eigenvalue weighted by Crippen LogP contribution is 2.21. The summed E-state index contributed by atoms with van der Waals surface area (Å²) in [5, 5.41) is 9.80. The number of benzene rings is 1. The van der Waals surface area contributed by atoms with E-state index >= 15 is 0 Å². The Balaban J connectivity index is 2.65. The molecule has 0 aliphatic carbocycles. The molecule has 13 heavy (non-hydrogen) atoms. The van der Waals surface area contributed by atoms with Crippen molar-refractivity contribution in [2.45, 2.75) is 39.2 Å². The summed E-state index contributed by atoms with van der Waals surface area (Å²) in [6.45, 7) is 4.15. The summed E-state index contributed by atoms with van der Waals surface area (Å²) >= 11 is 0. The molecule has 1 rings (SSSR count). The van der Waals surface area contributed by atoms with Crippen molar-refractivity contribution >= 4 is 0 Å². The van der Waals surface area contributed by atoms with E-state index in [2.05, 4.69) is 13.0 Å². The lowest BCUT2D eigenvalue weighted by molar-refractivity contribution is 0.163. The molecule has 1 radical (unpaired) electrons. The van der Waals surface area contributed by atoms with Gasteiger partial charge in [-0.25, -0.2) is 0 Å². The number of rotatable bonds is 4. The Morgan fingerprint density at radius 1 is 1.54 bits per heavy atom. The summed E-state index contributed by atoms with van der Waals surface area (Å²) in [5.41, 5.74) is 2.09. The number of unbranched alkanes of at least 4 members (excludes halogenated alkanes) is 1. The first-order chi connectivity index (χ1) is 6.25. The van der Waals surface area contributed by atoms with E-state index in [9.17, 15) is 5.11 Å². The van der Waals surface area contributed by atoms with Gasteiger partial charge in [0.2, 0.25) is 0 Å². The Kier molecular flexibility index (Phi) is 3.97. The molecule has 0 amide bonds. The van der Waals surface area contributed by atoms with Crippen molar-refractivity contribution in [2.75, 3.05) is 0 Å². The predicted molar refractivity (Wildman–Crippen MR) is 54.5 cm³/mol. The van der Waals surface area contributed by atoms with Crippen molar-refractivity contribution in [3.05, 3.63) is 35.4 Å². The van der Waals surface area contributed by atoms with Gasteiger partial charge in [-0.15, -0.1) is 0 Å². The summed E-state index contributed by atoms with van der Waals surface area (Å²) in [5.74, 6) is 0. The van der Waals surface area contributed by atoms with Crippen LogP contribution in [0.3, 0.4) is 0 Å². The van der Waals surface area contributed by atoms with Crippen LogP contribution in [-0.4, -0.2) is 5.11 Å². The molecule has 1 N–H and O–H groups in total. The molecule has 0 aliphatic rings. The predicted octanol–water partition coefficient (Wildman–Crippen LogP) is 3.02. The van der Waals surface area contributed by atoms with Gasteiger partial charge in [-0.1, -0.05) is 38.0 Å². The van der Waals surface area contributed by atoms with Crippen LogP contribution >= 0.6 is 0 Å². The lowest BCUT2D eigenvalue weighted by Crippen LogP contribution is -1.99. The van der Waals surface area contributed by atoms with Gasteiger partial charge in [-0.05, 0) is 30.5 Å². The third-order valence-corrected chi connectivity index (χ3v) is 2.27. The normalized spacial score (nSPS) is 12.8. The van der Waals surface area contributed by atoms with Gasteiger partial charge in [0, 0.05) is 0 Å². The molecule has 1 nitrogen and oxygen atoms in total. The Bertz CT molecular complexity index is 255. The largest absolute Gasteiger partial charge is 0.388 e. The summed E-state index contributed by atoms with van der Waals surface area (Å²) in [4.78, 5) is 0. The van der Waals surface area contributed by atoms with Crippen LogP contribution in [0.2, 0.25) is 0 Å². The minimum absolute atomic E-state index is 0.332. The first-order valence-electron chi connectivity index (χ1n) is 4.91. The Hall–Kier alpha value is -0.820. The third-order valence-electron chi connectivity index (χ3n) is 2.27. The number of aryl methyl sites for hydroxylation is 1. The number of hydrogen-bond donors (Lipinski definition) is 1. The minimum atomic E-state index is -0.332. The first-order valence-corrected chi connectivity index (χ1v) is 4.91. The number of aliphatic hydroxyl groups is 1. The highest BCUT2D eigenvalue weighted by molar-refractivity contribution is 5.26. The van der Waals surface area contributed by atoms with Gasteiger partial charge in [-0.3, -0.25) is 0 Å². The van der Waals surface area contributed by atoms with E-state index in [-0.39, 0.29) is 6.10 Å². The van der Waals surface area contributed by atoms with E-state index in [1.165, 1.54) is 0 Å². The van der Waals surface area contributed by atoms with Gasteiger partial charge >= 0.3 is 0 Å². The second kappa shape index (κ2) is 5.03. The minimum Gasteiger partial charge on any atom is -0.388 e. The SMILES string of the molecule is CCCCC(O)c1[c]cccc1C. The van der Waals surface area contributed by atoms with Crippen LogP contribution in [0.15, 0.2) is 18.2 Å². The van der Waals surface area contributed by atoms with E-state index in [4.69, 9.17) is 0 Å². The lowest BCUT2D eigenvalue weighted by Gasteiger charge is -2.12. The number of aliphatic hydroxyl groups excluding tert-OH is 1. The molecule has 71 valence electrons. The fraction of sp³-hybridized carbons (Fsp3) is 0.500. The fourth-order valence-corrected chi connectivity index (χ4v) is 1.43. The lowest BCUT2D eigenvalue weighted by atomic mass is 10.00. The van der Waals surface area contributed by atoms with Gasteiger partial charge in [-0.2, -0.15) is 0 Å². The second-order valence-electron chi connectivity index (χ2n) is 3.42. The van der Waals surface area contributed by atoms with Crippen molar-refractivity contribution in [3.63, 3.8) is 0 Å². The molecule has 1 aromatic rings. The molecule has 0 aliphatic heterocycles. The second-order valence-corrected chi connectivity index (χ2v) is 3.42. The van der Waals surface area contributed by atoms with E-state index in [1.54, 1.807) is 0 Å². The van der Waals surface area contributed by atoms with Crippen molar-refractivity contribution in [1.29, 1.82) is 0 Å². The molecule has 1 aromatic carbocycles. The van der Waals surface area contributed by atoms with Crippen molar-refractivity contribution in [3.8, 4) is 0 Å². The zero-order valence-corrected chi connectivity index (χ0v) is 8.38. The van der Waals surface area contributed by atoms with Crippen molar-refractivity contribution in [1.82, 2.24) is 0 Å². The molecule has 0 saturated carbocycles. The molecule has 0 aromatic heterocycles. The van der Waals surface area contributed by atoms with Gasteiger partial charge in [0.15, 0.2) is 0 Å². The first kappa shape index (κ1) is 10.3. The van der Waals surface area contributed by atoms with Gasteiger partial charge < -0.3 is 5.11 Å². The Morgan fingerprint density at radius 3 is 2.92 bits per heavy atom. The Labute approximate surface area is 80.4 Å². The average Bonchev–Trinajstić information content (AvgIpc) is 2.15. The maximum atomic E-state index is 9.80. The third kappa shape index (κ3) is 2.85. The van der Waals surface area contributed by atoms with Crippen LogP contribution in [0, 0.1) is 13.0 Å². The molecule has 0 saturated heterocycles. The van der Waals surface area contributed by atoms with E-state index in [1.807, 2.05) is 25.1 Å². The summed E-state index contributed by atoms with van der Waals surface area (Å²) in [6, 6.07) is 8.92. The fourth-order valence-electron chi connectivity index (χ4n) is 1.43. The number of hydrogen-bond acceptors (Lipinski definition) is 1. The summed E-state index contributed by atoms with van der Waals surface area (Å²) in [6.07, 6.45) is 2.71. The topological polar surface area (TPSA) is 20.2 Å². The van der Waals surface area contributed by atoms with Crippen LogP contribution in [0.1, 0.15) is 43.4 Å². The summed E-state index contributed by atoms with van der Waals surface area (Å²) < 4.78 is 0. The van der Waals surface area contributed by atoms with E-state index in [0.717, 1.165) is 30.4 Å². The molecular weight excluding hydrogens is 160 g/mol. The molecule has 0 spiro atoms. The molecule has 0 heterocycles. The monoisotopic (exact) mass is 177 g/mol. The van der Waals surface area contributed by atoms with Gasteiger partial charge in [0.1, 0.15) is 0 Å².